The van der Waals surface area contributed by atoms with Gasteiger partial charge in [-0.15, -0.1) is 0 Å². The Bertz CT molecular complexity index is 312. The summed E-state index contributed by atoms with van der Waals surface area (Å²) in [5.74, 6) is -0.111. The van der Waals surface area contributed by atoms with E-state index in [9.17, 15) is 4.79 Å². The Morgan fingerprint density at radius 3 is 2.92 bits per heavy atom. The van der Waals surface area contributed by atoms with Crippen molar-refractivity contribution in [3.63, 3.8) is 0 Å². The van der Waals surface area contributed by atoms with Crippen molar-refractivity contribution in [3.8, 4) is 0 Å². The Balaban J connectivity index is 3.00. The number of anilines is 1. The van der Waals surface area contributed by atoms with Crippen LogP contribution >= 0.6 is 11.6 Å². The molecule has 3 nitrogen and oxygen atoms in total. The summed E-state index contributed by atoms with van der Waals surface area (Å²) in [6.45, 7) is 3.26. The number of pyridine rings is 1. The minimum absolute atomic E-state index is 0.111. The van der Waals surface area contributed by atoms with Gasteiger partial charge in [0.05, 0.1) is 0 Å². The smallest absolute Gasteiger partial charge is 0.221 e. The molecule has 0 aliphatic rings. The molecular weight excluding hydrogens is 176 g/mol. The summed E-state index contributed by atoms with van der Waals surface area (Å²) in [5.41, 5.74) is 1.50. The zero-order valence-electron chi connectivity index (χ0n) is 6.89. The van der Waals surface area contributed by atoms with Gasteiger partial charge in [0.25, 0.3) is 0 Å². The number of halogens is 1. The van der Waals surface area contributed by atoms with Crippen LogP contribution in [0.25, 0.3) is 0 Å². The highest BCUT2D eigenvalue weighted by Crippen LogP contribution is 2.19. The molecule has 64 valence electrons. The molecule has 12 heavy (non-hydrogen) atoms. The molecule has 0 radical (unpaired) electrons. The molecule has 1 amide bonds. The van der Waals surface area contributed by atoms with Crippen LogP contribution in [0.5, 0.6) is 0 Å². The lowest BCUT2D eigenvalue weighted by Gasteiger charge is -2.05. The normalized spacial score (nSPS) is 9.58. The number of aromatic nitrogens is 1. The predicted octanol–water partition coefficient (Wildman–Crippen LogP) is 2.00. The largest absolute Gasteiger partial charge is 0.326 e. The molecule has 1 heterocycles. The van der Waals surface area contributed by atoms with Gasteiger partial charge >= 0.3 is 0 Å². The molecule has 1 aromatic rings. The van der Waals surface area contributed by atoms with Gasteiger partial charge in [-0.3, -0.25) is 4.79 Å². The highest BCUT2D eigenvalue weighted by atomic mass is 35.5. The summed E-state index contributed by atoms with van der Waals surface area (Å²) in [4.78, 5) is 14.6. The van der Waals surface area contributed by atoms with Gasteiger partial charge in [-0.05, 0) is 13.0 Å². The predicted molar refractivity (Wildman–Crippen MR) is 48.3 cm³/mol. The number of nitrogens with zero attached hydrogens (tertiary/aromatic N) is 1. The zero-order valence-corrected chi connectivity index (χ0v) is 7.64. The first-order chi connectivity index (χ1) is 5.61. The maximum atomic E-state index is 10.7. The average Bonchev–Trinajstić information content (AvgIpc) is 1.98. The maximum absolute atomic E-state index is 10.7. The van der Waals surface area contributed by atoms with Crippen LogP contribution in [0.4, 0.5) is 5.69 Å². The van der Waals surface area contributed by atoms with Gasteiger partial charge in [0, 0.05) is 24.4 Å². The Kier molecular flexibility index (Phi) is 2.65. The molecule has 4 heteroatoms. The molecule has 0 aliphatic heterocycles. The Labute approximate surface area is 75.8 Å². The molecule has 0 aromatic carbocycles. The summed E-state index contributed by atoms with van der Waals surface area (Å²) >= 11 is 5.73. The van der Waals surface area contributed by atoms with Crippen LogP contribution in [0.2, 0.25) is 5.15 Å². The molecule has 0 unspecified atom stereocenters. The molecule has 1 aromatic heterocycles. The Morgan fingerprint density at radius 2 is 2.33 bits per heavy atom. The van der Waals surface area contributed by atoms with Crippen LogP contribution in [0.3, 0.4) is 0 Å². The summed E-state index contributed by atoms with van der Waals surface area (Å²) < 4.78 is 0. The van der Waals surface area contributed by atoms with Crippen molar-refractivity contribution in [1.29, 1.82) is 0 Å². The van der Waals surface area contributed by atoms with Gasteiger partial charge in [0.1, 0.15) is 5.15 Å². The van der Waals surface area contributed by atoms with Crippen molar-refractivity contribution >= 4 is 23.2 Å². The van der Waals surface area contributed by atoms with E-state index in [2.05, 4.69) is 10.3 Å². The fourth-order valence-electron chi connectivity index (χ4n) is 0.835. The van der Waals surface area contributed by atoms with E-state index >= 15 is 0 Å². The van der Waals surface area contributed by atoms with Crippen molar-refractivity contribution in [2.75, 3.05) is 5.32 Å². The second-order valence-corrected chi connectivity index (χ2v) is 2.81. The van der Waals surface area contributed by atoms with Crippen LogP contribution in [-0.2, 0) is 4.79 Å². The monoisotopic (exact) mass is 184 g/mol. The number of nitrogens with one attached hydrogen (secondary N) is 1. The quantitative estimate of drug-likeness (QED) is 0.679. The minimum Gasteiger partial charge on any atom is -0.326 e. The second-order valence-electron chi connectivity index (χ2n) is 2.46. The van der Waals surface area contributed by atoms with E-state index in [0.29, 0.717) is 10.8 Å². The lowest BCUT2D eigenvalue weighted by molar-refractivity contribution is -0.114. The molecular formula is C8H9ClN2O. The van der Waals surface area contributed by atoms with Crippen LogP contribution in [-0.4, -0.2) is 10.9 Å². The lowest BCUT2D eigenvalue weighted by atomic mass is 10.2. The number of carbonyl (C=O) groups is 1. The molecule has 0 atom stereocenters. The lowest BCUT2D eigenvalue weighted by Crippen LogP contribution is -2.07. The highest BCUT2D eigenvalue weighted by molar-refractivity contribution is 6.30. The fraction of sp³-hybridized carbons (Fsp3) is 0.250. The third-order valence-electron chi connectivity index (χ3n) is 1.45. The molecule has 0 fully saturated rings. The van der Waals surface area contributed by atoms with E-state index in [1.807, 2.05) is 0 Å². The Morgan fingerprint density at radius 1 is 1.67 bits per heavy atom. The van der Waals surface area contributed by atoms with Crippen molar-refractivity contribution in [1.82, 2.24) is 4.98 Å². The van der Waals surface area contributed by atoms with Gasteiger partial charge < -0.3 is 5.32 Å². The van der Waals surface area contributed by atoms with E-state index < -0.39 is 0 Å². The molecule has 1 N–H and O–H groups in total. The van der Waals surface area contributed by atoms with Crippen molar-refractivity contribution in [2.45, 2.75) is 13.8 Å². The van der Waals surface area contributed by atoms with Crippen LogP contribution < -0.4 is 5.32 Å². The highest BCUT2D eigenvalue weighted by Gasteiger charge is 2.03. The van der Waals surface area contributed by atoms with Gasteiger partial charge in [0.2, 0.25) is 5.91 Å². The summed E-state index contributed by atoms with van der Waals surface area (Å²) in [6, 6.07) is 1.71. The van der Waals surface area contributed by atoms with E-state index in [0.717, 1.165) is 5.56 Å². The second kappa shape index (κ2) is 3.54. The SMILES string of the molecule is CC(=O)Nc1ccnc(Cl)c1C. The van der Waals surface area contributed by atoms with Gasteiger partial charge in [-0.25, -0.2) is 4.98 Å². The Hall–Kier alpha value is -1.09. The number of carbonyl (C=O) groups excluding carboxylic acids is 1. The minimum atomic E-state index is -0.111. The van der Waals surface area contributed by atoms with Crippen molar-refractivity contribution in [3.05, 3.63) is 23.0 Å². The first-order valence-electron chi connectivity index (χ1n) is 3.50. The third kappa shape index (κ3) is 1.95. The average molecular weight is 185 g/mol. The van der Waals surface area contributed by atoms with Crippen molar-refractivity contribution < 1.29 is 4.79 Å². The molecule has 0 bridgehead atoms. The third-order valence-corrected chi connectivity index (χ3v) is 1.83. The fourth-order valence-corrected chi connectivity index (χ4v) is 0.993. The van der Waals surface area contributed by atoms with Crippen LogP contribution in [0, 0.1) is 6.92 Å². The van der Waals surface area contributed by atoms with Gasteiger partial charge in [0.15, 0.2) is 0 Å². The van der Waals surface area contributed by atoms with E-state index in [1.54, 1.807) is 19.2 Å². The summed E-state index contributed by atoms with van der Waals surface area (Å²) in [7, 11) is 0. The molecule has 0 saturated heterocycles. The molecule has 1 rings (SSSR count). The first-order valence-corrected chi connectivity index (χ1v) is 3.87. The topological polar surface area (TPSA) is 42.0 Å². The van der Waals surface area contributed by atoms with E-state index in [-0.39, 0.29) is 5.91 Å². The summed E-state index contributed by atoms with van der Waals surface area (Å²) in [5, 5.41) is 3.07. The maximum Gasteiger partial charge on any atom is 0.221 e. The van der Waals surface area contributed by atoms with Gasteiger partial charge in [-0.1, -0.05) is 11.6 Å². The van der Waals surface area contributed by atoms with Gasteiger partial charge in [-0.2, -0.15) is 0 Å². The van der Waals surface area contributed by atoms with E-state index in [4.69, 9.17) is 11.6 Å². The zero-order chi connectivity index (χ0) is 9.14. The number of hydrogen-bond acceptors (Lipinski definition) is 2. The number of amides is 1. The first kappa shape index (κ1) is 9.00. The molecule has 0 aliphatic carbocycles. The summed E-state index contributed by atoms with van der Waals surface area (Å²) in [6.07, 6.45) is 1.56. The number of hydrogen-bond donors (Lipinski definition) is 1. The van der Waals surface area contributed by atoms with E-state index in [1.165, 1.54) is 6.92 Å². The number of rotatable bonds is 1. The van der Waals surface area contributed by atoms with Crippen LogP contribution in [0.15, 0.2) is 12.3 Å². The van der Waals surface area contributed by atoms with Crippen molar-refractivity contribution in [2.24, 2.45) is 0 Å². The standard InChI is InChI=1S/C8H9ClN2O/c1-5-7(11-6(2)12)3-4-10-8(5)9/h3-4H,1-2H3,(H,10,11,12). The molecule has 0 spiro atoms. The molecule has 0 saturated carbocycles. The van der Waals surface area contributed by atoms with Crippen LogP contribution in [0.1, 0.15) is 12.5 Å².